The third-order valence-electron chi connectivity index (χ3n) is 2.76. The average molecular weight is 218 g/mol. The van der Waals surface area contributed by atoms with E-state index in [9.17, 15) is 4.79 Å². The Balaban J connectivity index is 2.53. The van der Waals surface area contributed by atoms with Crippen LogP contribution < -0.4 is 0 Å². The zero-order valence-electron chi connectivity index (χ0n) is 9.51. The van der Waals surface area contributed by atoms with E-state index in [4.69, 9.17) is 11.6 Å². The molecular weight excluding hydrogens is 198 g/mol. The zero-order valence-corrected chi connectivity index (χ0v) is 10.3. The van der Waals surface area contributed by atoms with Gasteiger partial charge in [0, 0.05) is 24.9 Å². The number of carbonyl (C=O) groups excluding carboxylic acids is 1. The second-order valence-electron chi connectivity index (χ2n) is 5.33. The standard InChI is InChI=1S/C11H20ClNO/c1-8(2)5-10(14)13-6-9(12)11(3,4)7-13/h8-9H,5-7H2,1-4H3. The Morgan fingerprint density at radius 3 is 2.50 bits per heavy atom. The first-order valence-corrected chi connectivity index (χ1v) is 5.68. The van der Waals surface area contributed by atoms with Crippen LogP contribution >= 0.6 is 11.6 Å². The lowest BCUT2D eigenvalue weighted by atomic mass is 9.92. The number of rotatable bonds is 2. The van der Waals surface area contributed by atoms with Crippen LogP contribution in [0.5, 0.6) is 0 Å². The minimum atomic E-state index is 0.0637. The van der Waals surface area contributed by atoms with Crippen molar-refractivity contribution in [1.82, 2.24) is 4.90 Å². The highest BCUT2D eigenvalue weighted by Gasteiger charge is 2.39. The van der Waals surface area contributed by atoms with Crippen LogP contribution in [0.25, 0.3) is 0 Å². The van der Waals surface area contributed by atoms with Crippen LogP contribution in [0.4, 0.5) is 0 Å². The zero-order chi connectivity index (χ0) is 10.9. The van der Waals surface area contributed by atoms with Gasteiger partial charge in [-0.1, -0.05) is 27.7 Å². The molecule has 1 fully saturated rings. The molecule has 1 rings (SSSR count). The van der Waals surface area contributed by atoms with E-state index in [1.165, 1.54) is 0 Å². The Morgan fingerprint density at radius 2 is 2.14 bits per heavy atom. The Labute approximate surface area is 91.6 Å². The van der Waals surface area contributed by atoms with Gasteiger partial charge >= 0.3 is 0 Å². The minimum Gasteiger partial charge on any atom is -0.341 e. The molecule has 1 aliphatic heterocycles. The molecule has 3 heteroatoms. The molecule has 0 saturated carbocycles. The van der Waals surface area contributed by atoms with Crippen LogP contribution in [0, 0.1) is 11.3 Å². The van der Waals surface area contributed by atoms with Crippen molar-refractivity contribution >= 4 is 17.5 Å². The van der Waals surface area contributed by atoms with Crippen molar-refractivity contribution in [3.8, 4) is 0 Å². The van der Waals surface area contributed by atoms with Crippen molar-refractivity contribution in [1.29, 1.82) is 0 Å². The van der Waals surface area contributed by atoms with Crippen molar-refractivity contribution in [2.75, 3.05) is 13.1 Å². The van der Waals surface area contributed by atoms with Crippen LogP contribution in [0.2, 0.25) is 0 Å². The second kappa shape index (κ2) is 4.09. The molecule has 1 atom stereocenters. The third kappa shape index (κ3) is 2.63. The summed E-state index contributed by atoms with van der Waals surface area (Å²) < 4.78 is 0. The molecule has 0 N–H and O–H groups in total. The number of nitrogens with zero attached hydrogens (tertiary/aromatic N) is 1. The van der Waals surface area contributed by atoms with Crippen LogP contribution in [0.15, 0.2) is 0 Å². The Hall–Kier alpha value is -0.240. The van der Waals surface area contributed by atoms with Gasteiger partial charge in [-0.2, -0.15) is 0 Å². The predicted molar refractivity (Wildman–Crippen MR) is 59.5 cm³/mol. The molecule has 14 heavy (non-hydrogen) atoms. The van der Waals surface area contributed by atoms with Gasteiger partial charge in [-0.25, -0.2) is 0 Å². The summed E-state index contributed by atoms with van der Waals surface area (Å²) in [5.74, 6) is 0.677. The number of amides is 1. The largest absolute Gasteiger partial charge is 0.341 e. The second-order valence-corrected chi connectivity index (χ2v) is 5.86. The van der Waals surface area contributed by atoms with Crippen LogP contribution in [-0.2, 0) is 4.79 Å². The number of hydrogen-bond acceptors (Lipinski definition) is 1. The fraction of sp³-hybridized carbons (Fsp3) is 0.909. The minimum absolute atomic E-state index is 0.0637. The average Bonchev–Trinajstić information content (AvgIpc) is 2.25. The summed E-state index contributed by atoms with van der Waals surface area (Å²) in [4.78, 5) is 13.7. The van der Waals surface area contributed by atoms with Crippen molar-refractivity contribution in [2.45, 2.75) is 39.5 Å². The van der Waals surface area contributed by atoms with Crippen molar-refractivity contribution < 1.29 is 4.79 Å². The van der Waals surface area contributed by atoms with E-state index in [1.807, 2.05) is 4.90 Å². The fourth-order valence-corrected chi connectivity index (χ4v) is 2.00. The summed E-state index contributed by atoms with van der Waals surface area (Å²) in [6.07, 6.45) is 0.639. The summed E-state index contributed by atoms with van der Waals surface area (Å²) in [7, 11) is 0. The maximum Gasteiger partial charge on any atom is 0.222 e. The van der Waals surface area contributed by atoms with E-state index in [0.29, 0.717) is 18.9 Å². The Morgan fingerprint density at radius 1 is 1.57 bits per heavy atom. The van der Waals surface area contributed by atoms with Crippen molar-refractivity contribution in [2.24, 2.45) is 11.3 Å². The number of alkyl halides is 1. The van der Waals surface area contributed by atoms with Gasteiger partial charge in [-0.15, -0.1) is 11.6 Å². The van der Waals surface area contributed by atoms with Gasteiger partial charge in [0.1, 0.15) is 0 Å². The summed E-state index contributed by atoms with van der Waals surface area (Å²) >= 11 is 6.19. The topological polar surface area (TPSA) is 20.3 Å². The van der Waals surface area contributed by atoms with E-state index in [1.54, 1.807) is 0 Å². The summed E-state index contributed by atoms with van der Waals surface area (Å²) in [5, 5.41) is 0.0959. The predicted octanol–water partition coefficient (Wildman–Crippen LogP) is 2.51. The van der Waals surface area contributed by atoms with E-state index >= 15 is 0 Å². The number of halogens is 1. The Kier molecular flexibility index (Phi) is 3.46. The number of likely N-dealkylation sites (tertiary alicyclic amines) is 1. The molecule has 1 unspecified atom stereocenters. The monoisotopic (exact) mass is 217 g/mol. The maximum absolute atomic E-state index is 11.8. The van der Waals surface area contributed by atoms with Crippen LogP contribution in [-0.4, -0.2) is 29.3 Å². The summed E-state index contributed by atoms with van der Waals surface area (Å²) in [6.45, 7) is 9.88. The SMILES string of the molecule is CC(C)CC(=O)N1CC(Cl)C(C)(C)C1. The van der Waals surface area contributed by atoms with Crippen LogP contribution in [0.3, 0.4) is 0 Å². The first-order chi connectivity index (χ1) is 6.33. The van der Waals surface area contributed by atoms with Gasteiger partial charge in [-0.05, 0) is 5.92 Å². The molecule has 82 valence electrons. The molecule has 2 nitrogen and oxygen atoms in total. The molecule has 1 aliphatic rings. The lowest BCUT2D eigenvalue weighted by Crippen LogP contribution is -2.30. The van der Waals surface area contributed by atoms with E-state index in [-0.39, 0.29) is 16.7 Å². The van der Waals surface area contributed by atoms with Gasteiger partial charge in [0.25, 0.3) is 0 Å². The van der Waals surface area contributed by atoms with Gasteiger partial charge in [0.05, 0.1) is 5.38 Å². The molecule has 1 heterocycles. The molecule has 0 spiro atoms. The maximum atomic E-state index is 11.8. The smallest absolute Gasteiger partial charge is 0.222 e. The molecule has 0 aromatic carbocycles. The van der Waals surface area contributed by atoms with E-state index in [2.05, 4.69) is 27.7 Å². The first-order valence-electron chi connectivity index (χ1n) is 5.25. The molecule has 0 bridgehead atoms. The quantitative estimate of drug-likeness (QED) is 0.651. The highest BCUT2D eigenvalue weighted by molar-refractivity contribution is 6.21. The fourth-order valence-electron chi connectivity index (χ4n) is 1.76. The van der Waals surface area contributed by atoms with Gasteiger partial charge in [-0.3, -0.25) is 4.79 Å². The number of carbonyl (C=O) groups is 1. The molecule has 1 amide bonds. The first kappa shape index (κ1) is 11.8. The van der Waals surface area contributed by atoms with Crippen molar-refractivity contribution in [3.05, 3.63) is 0 Å². The molecular formula is C11H20ClNO. The molecule has 1 saturated heterocycles. The van der Waals surface area contributed by atoms with Gasteiger partial charge < -0.3 is 4.90 Å². The summed E-state index contributed by atoms with van der Waals surface area (Å²) in [5.41, 5.74) is 0.0637. The Bertz CT molecular complexity index is 225. The molecule has 0 aromatic rings. The highest BCUT2D eigenvalue weighted by atomic mass is 35.5. The molecule has 0 radical (unpaired) electrons. The molecule has 0 aromatic heterocycles. The highest BCUT2D eigenvalue weighted by Crippen LogP contribution is 2.33. The van der Waals surface area contributed by atoms with Crippen LogP contribution in [0.1, 0.15) is 34.1 Å². The lowest BCUT2D eigenvalue weighted by Gasteiger charge is -2.21. The lowest BCUT2D eigenvalue weighted by molar-refractivity contribution is -0.131. The number of hydrogen-bond donors (Lipinski definition) is 0. The summed E-state index contributed by atoms with van der Waals surface area (Å²) in [6, 6.07) is 0. The van der Waals surface area contributed by atoms with E-state index < -0.39 is 0 Å². The van der Waals surface area contributed by atoms with Gasteiger partial charge in [0.2, 0.25) is 5.91 Å². The third-order valence-corrected chi connectivity index (χ3v) is 3.49. The molecule has 0 aliphatic carbocycles. The van der Waals surface area contributed by atoms with Gasteiger partial charge in [0.15, 0.2) is 0 Å². The normalized spacial score (nSPS) is 25.9. The van der Waals surface area contributed by atoms with Crippen molar-refractivity contribution in [3.63, 3.8) is 0 Å². The van der Waals surface area contributed by atoms with E-state index in [0.717, 1.165) is 6.54 Å².